The highest BCUT2D eigenvalue weighted by molar-refractivity contribution is 9.10. The minimum Gasteiger partial charge on any atom is -0.333 e. The Hall–Kier alpha value is -1.20. The number of aromatic nitrogens is 2. The van der Waals surface area contributed by atoms with Crippen molar-refractivity contribution < 1.29 is 4.39 Å². The zero-order valence-electron chi connectivity index (χ0n) is 10.2. The van der Waals surface area contributed by atoms with E-state index in [1.807, 2.05) is 17.7 Å². The van der Waals surface area contributed by atoms with E-state index in [1.54, 1.807) is 18.5 Å². The predicted molar refractivity (Wildman–Crippen MR) is 72.8 cm³/mol. The first-order valence-corrected chi connectivity index (χ1v) is 6.63. The molecule has 0 saturated heterocycles. The van der Waals surface area contributed by atoms with E-state index in [0.29, 0.717) is 12.1 Å². The molecule has 0 amide bonds. The fourth-order valence-electron chi connectivity index (χ4n) is 1.70. The minimum absolute atomic E-state index is 0.194. The number of hydrogen-bond donors (Lipinski definition) is 1. The van der Waals surface area contributed by atoms with E-state index >= 15 is 0 Å². The summed E-state index contributed by atoms with van der Waals surface area (Å²) in [6.45, 7) is 4.19. The van der Waals surface area contributed by atoms with Crippen LogP contribution >= 0.6 is 15.9 Å². The van der Waals surface area contributed by atoms with E-state index in [4.69, 9.17) is 0 Å². The van der Waals surface area contributed by atoms with Gasteiger partial charge in [-0.1, -0.05) is 22.9 Å². The molecule has 2 rings (SSSR count). The van der Waals surface area contributed by atoms with Crippen LogP contribution in [0, 0.1) is 5.82 Å². The summed E-state index contributed by atoms with van der Waals surface area (Å²) in [5, 5.41) is 3.20. The molecule has 0 aliphatic carbocycles. The van der Waals surface area contributed by atoms with Gasteiger partial charge in [-0.25, -0.2) is 9.37 Å². The number of halogens is 2. The molecule has 0 atom stereocenters. The van der Waals surface area contributed by atoms with Crippen molar-refractivity contribution in [2.45, 2.75) is 20.0 Å². The lowest BCUT2D eigenvalue weighted by Gasteiger charge is -2.04. The van der Waals surface area contributed by atoms with Crippen LogP contribution in [0.3, 0.4) is 0 Å². The number of nitrogens with one attached hydrogen (secondary N) is 1. The molecule has 0 radical (unpaired) electrons. The molecule has 1 aromatic carbocycles. The maximum absolute atomic E-state index is 13.6. The van der Waals surface area contributed by atoms with Gasteiger partial charge in [-0.05, 0) is 24.7 Å². The van der Waals surface area contributed by atoms with Crippen molar-refractivity contribution in [2.75, 3.05) is 6.54 Å². The first kappa shape index (κ1) is 13.2. The summed E-state index contributed by atoms with van der Waals surface area (Å²) in [4.78, 5) is 4.27. The maximum atomic E-state index is 13.6. The highest BCUT2D eigenvalue weighted by atomic mass is 79.9. The molecule has 0 aliphatic rings. The van der Waals surface area contributed by atoms with Crippen molar-refractivity contribution in [3.05, 3.63) is 52.3 Å². The molecule has 0 fully saturated rings. The van der Waals surface area contributed by atoms with Gasteiger partial charge in [0.25, 0.3) is 0 Å². The topological polar surface area (TPSA) is 29.9 Å². The monoisotopic (exact) mass is 311 g/mol. The fraction of sp³-hybridized carbons (Fsp3) is 0.308. The van der Waals surface area contributed by atoms with Crippen LogP contribution < -0.4 is 5.32 Å². The summed E-state index contributed by atoms with van der Waals surface area (Å²) < 4.78 is 16.4. The van der Waals surface area contributed by atoms with Crippen LogP contribution in [0.1, 0.15) is 18.2 Å². The van der Waals surface area contributed by atoms with Gasteiger partial charge >= 0.3 is 0 Å². The second-order valence-electron chi connectivity index (χ2n) is 4.05. The zero-order valence-corrected chi connectivity index (χ0v) is 11.7. The lowest BCUT2D eigenvalue weighted by Crippen LogP contribution is -2.11. The number of hydrogen-bond acceptors (Lipinski definition) is 2. The average molecular weight is 312 g/mol. The van der Waals surface area contributed by atoms with Crippen LogP contribution in [0.25, 0.3) is 0 Å². The lowest BCUT2D eigenvalue weighted by atomic mass is 10.2. The molecule has 1 N–H and O–H groups in total. The van der Waals surface area contributed by atoms with Crippen molar-refractivity contribution in [3.63, 3.8) is 0 Å². The third-order valence-electron chi connectivity index (χ3n) is 2.60. The molecule has 5 heteroatoms. The van der Waals surface area contributed by atoms with Gasteiger partial charge in [0.05, 0.1) is 18.6 Å². The van der Waals surface area contributed by atoms with Crippen molar-refractivity contribution in [1.82, 2.24) is 14.9 Å². The van der Waals surface area contributed by atoms with E-state index in [0.717, 1.165) is 23.3 Å². The molecular weight excluding hydrogens is 297 g/mol. The van der Waals surface area contributed by atoms with Crippen LogP contribution in [-0.4, -0.2) is 16.1 Å². The maximum Gasteiger partial charge on any atom is 0.128 e. The van der Waals surface area contributed by atoms with E-state index in [2.05, 4.69) is 26.2 Å². The summed E-state index contributed by atoms with van der Waals surface area (Å²) in [6.07, 6.45) is 3.66. The third kappa shape index (κ3) is 3.40. The summed E-state index contributed by atoms with van der Waals surface area (Å²) >= 11 is 3.35. The Morgan fingerprint density at radius 3 is 3.06 bits per heavy atom. The normalized spacial score (nSPS) is 10.8. The van der Waals surface area contributed by atoms with Crippen molar-refractivity contribution >= 4 is 15.9 Å². The van der Waals surface area contributed by atoms with E-state index in [-0.39, 0.29) is 5.82 Å². The van der Waals surface area contributed by atoms with E-state index in [9.17, 15) is 4.39 Å². The predicted octanol–water partition coefficient (Wildman–Crippen LogP) is 2.94. The third-order valence-corrected chi connectivity index (χ3v) is 3.10. The van der Waals surface area contributed by atoms with Gasteiger partial charge in [-0.2, -0.15) is 0 Å². The average Bonchev–Trinajstić information content (AvgIpc) is 2.79. The minimum atomic E-state index is -0.194. The Kier molecular flexibility index (Phi) is 4.49. The second kappa shape index (κ2) is 6.11. The fourth-order valence-corrected chi connectivity index (χ4v) is 2.11. The lowest BCUT2D eigenvalue weighted by molar-refractivity contribution is 0.599. The first-order valence-electron chi connectivity index (χ1n) is 5.84. The van der Waals surface area contributed by atoms with Gasteiger partial charge < -0.3 is 9.88 Å². The van der Waals surface area contributed by atoms with Crippen LogP contribution in [0.2, 0.25) is 0 Å². The summed E-state index contributed by atoms with van der Waals surface area (Å²) in [5.41, 5.74) is 1.61. The molecule has 0 bridgehead atoms. The molecule has 1 heterocycles. The van der Waals surface area contributed by atoms with Crippen LogP contribution in [0.4, 0.5) is 4.39 Å². The molecule has 0 aliphatic heterocycles. The molecule has 96 valence electrons. The van der Waals surface area contributed by atoms with Crippen LogP contribution in [0.5, 0.6) is 0 Å². The Bertz CT molecular complexity index is 525. The largest absolute Gasteiger partial charge is 0.333 e. The van der Waals surface area contributed by atoms with Crippen LogP contribution in [-0.2, 0) is 13.1 Å². The van der Waals surface area contributed by atoms with Gasteiger partial charge in [0.15, 0.2) is 0 Å². The molecule has 0 unspecified atom stereocenters. The highest BCUT2D eigenvalue weighted by Crippen LogP contribution is 2.16. The first-order chi connectivity index (χ1) is 8.69. The Labute approximate surface area is 114 Å². The van der Waals surface area contributed by atoms with Crippen molar-refractivity contribution in [1.29, 1.82) is 0 Å². The quantitative estimate of drug-likeness (QED) is 0.920. The van der Waals surface area contributed by atoms with Gasteiger partial charge in [-0.15, -0.1) is 0 Å². The summed E-state index contributed by atoms with van der Waals surface area (Å²) in [5.74, 6) is -0.194. The number of benzene rings is 1. The van der Waals surface area contributed by atoms with Gasteiger partial charge in [-0.3, -0.25) is 0 Å². The van der Waals surface area contributed by atoms with E-state index < -0.39 is 0 Å². The zero-order chi connectivity index (χ0) is 13.0. The smallest absolute Gasteiger partial charge is 0.128 e. The number of imidazole rings is 1. The molecular formula is C13H15BrFN3. The Morgan fingerprint density at radius 1 is 1.44 bits per heavy atom. The highest BCUT2D eigenvalue weighted by Gasteiger charge is 2.05. The molecule has 0 spiro atoms. The number of rotatable bonds is 5. The molecule has 0 saturated carbocycles. The Morgan fingerprint density at radius 2 is 2.28 bits per heavy atom. The molecule has 18 heavy (non-hydrogen) atoms. The van der Waals surface area contributed by atoms with E-state index in [1.165, 1.54) is 6.07 Å². The Balaban J connectivity index is 2.08. The van der Waals surface area contributed by atoms with Gasteiger partial charge in [0.1, 0.15) is 5.82 Å². The standard InChI is InChI=1S/C13H15BrFN3/c1-2-16-6-12-8-18(9-17-12)7-10-5-11(14)3-4-13(10)15/h3-5,8-9,16H,2,6-7H2,1H3. The molecule has 2 aromatic rings. The van der Waals surface area contributed by atoms with Crippen molar-refractivity contribution in [2.24, 2.45) is 0 Å². The number of nitrogens with zero attached hydrogens (tertiary/aromatic N) is 2. The molecule has 1 aromatic heterocycles. The van der Waals surface area contributed by atoms with Gasteiger partial charge in [0, 0.05) is 22.8 Å². The van der Waals surface area contributed by atoms with Crippen molar-refractivity contribution in [3.8, 4) is 0 Å². The second-order valence-corrected chi connectivity index (χ2v) is 4.97. The SMILES string of the molecule is CCNCc1cn(Cc2cc(Br)ccc2F)cn1. The van der Waals surface area contributed by atoms with Gasteiger partial charge in [0.2, 0.25) is 0 Å². The summed E-state index contributed by atoms with van der Waals surface area (Å²) in [6, 6.07) is 4.96. The van der Waals surface area contributed by atoms with Crippen LogP contribution in [0.15, 0.2) is 35.2 Å². The summed E-state index contributed by atoms with van der Waals surface area (Å²) in [7, 11) is 0. The molecule has 3 nitrogen and oxygen atoms in total.